The molecule has 1 aromatic carbocycles. The molecule has 4 nitrogen and oxygen atoms in total. The van der Waals surface area contributed by atoms with Crippen LogP contribution in [0.25, 0.3) is 0 Å². The van der Waals surface area contributed by atoms with E-state index in [1.54, 1.807) is 7.11 Å². The van der Waals surface area contributed by atoms with Gasteiger partial charge in [-0.2, -0.15) is 0 Å². The van der Waals surface area contributed by atoms with E-state index in [4.69, 9.17) is 9.47 Å². The van der Waals surface area contributed by atoms with Crippen LogP contribution in [0.15, 0.2) is 29.3 Å². The van der Waals surface area contributed by atoms with E-state index in [1.807, 2.05) is 24.3 Å². The molecular formula is C14H17NO3. The summed E-state index contributed by atoms with van der Waals surface area (Å²) < 4.78 is 11.2. The standard InChI is InChI=1S/C14H17NO3/c1-17-12-5-3-2-4-10(12)14-15-11-7-6-9(16)8-13(11)18-14/h2-5,9,11,13,16H,6-8H2,1H3. The molecule has 18 heavy (non-hydrogen) atoms. The second-order valence-electron chi connectivity index (χ2n) is 4.83. The van der Waals surface area contributed by atoms with E-state index >= 15 is 0 Å². The van der Waals surface area contributed by atoms with Gasteiger partial charge in [0, 0.05) is 6.42 Å². The number of nitrogens with zero attached hydrogens (tertiary/aromatic N) is 1. The van der Waals surface area contributed by atoms with Crippen LogP contribution in [0.4, 0.5) is 0 Å². The number of fused-ring (bicyclic) bond motifs is 1. The molecule has 0 spiro atoms. The number of aliphatic hydroxyl groups excluding tert-OH is 1. The van der Waals surface area contributed by atoms with Crippen molar-refractivity contribution in [2.75, 3.05) is 7.11 Å². The first-order chi connectivity index (χ1) is 8.78. The van der Waals surface area contributed by atoms with Crippen molar-refractivity contribution in [1.82, 2.24) is 0 Å². The van der Waals surface area contributed by atoms with Crippen LogP contribution in [0.2, 0.25) is 0 Å². The molecule has 0 amide bonds. The zero-order valence-electron chi connectivity index (χ0n) is 10.4. The molecule has 1 aromatic rings. The van der Waals surface area contributed by atoms with Gasteiger partial charge in [0.25, 0.3) is 0 Å². The number of methoxy groups -OCH3 is 1. The van der Waals surface area contributed by atoms with E-state index in [9.17, 15) is 5.11 Å². The highest BCUT2D eigenvalue weighted by molar-refractivity contribution is 5.98. The van der Waals surface area contributed by atoms with Crippen LogP contribution in [0.1, 0.15) is 24.8 Å². The average Bonchev–Trinajstić information content (AvgIpc) is 2.81. The fourth-order valence-corrected chi connectivity index (χ4v) is 2.65. The fraction of sp³-hybridized carbons (Fsp3) is 0.500. The van der Waals surface area contributed by atoms with Crippen molar-refractivity contribution in [1.29, 1.82) is 0 Å². The first-order valence-corrected chi connectivity index (χ1v) is 6.34. The maximum atomic E-state index is 9.66. The number of hydrogen-bond acceptors (Lipinski definition) is 4. The third-order valence-electron chi connectivity index (χ3n) is 3.61. The summed E-state index contributed by atoms with van der Waals surface area (Å²) in [7, 11) is 1.64. The zero-order chi connectivity index (χ0) is 12.5. The Labute approximate surface area is 106 Å². The summed E-state index contributed by atoms with van der Waals surface area (Å²) in [6.45, 7) is 0. The lowest BCUT2D eigenvalue weighted by Crippen LogP contribution is -2.33. The molecule has 0 aromatic heterocycles. The van der Waals surface area contributed by atoms with Gasteiger partial charge in [0.1, 0.15) is 11.9 Å². The molecule has 1 saturated carbocycles. The minimum absolute atomic E-state index is 0.0219. The molecule has 0 bridgehead atoms. The molecule has 0 saturated heterocycles. The summed E-state index contributed by atoms with van der Waals surface area (Å²) in [6, 6.07) is 7.91. The largest absolute Gasteiger partial charge is 0.496 e. The van der Waals surface area contributed by atoms with E-state index in [0.29, 0.717) is 12.3 Å². The van der Waals surface area contributed by atoms with Crippen molar-refractivity contribution in [2.45, 2.75) is 37.5 Å². The minimum atomic E-state index is -0.251. The Morgan fingerprint density at radius 1 is 1.33 bits per heavy atom. The Bertz CT molecular complexity index is 472. The van der Waals surface area contributed by atoms with Gasteiger partial charge in [0.05, 0.1) is 24.8 Å². The number of rotatable bonds is 2. The fourth-order valence-electron chi connectivity index (χ4n) is 2.65. The van der Waals surface area contributed by atoms with Gasteiger partial charge in [0.15, 0.2) is 0 Å². The average molecular weight is 247 g/mol. The van der Waals surface area contributed by atoms with Crippen molar-refractivity contribution in [3.8, 4) is 5.75 Å². The SMILES string of the molecule is COc1ccccc1C1=NC2CCC(O)CC2O1. The minimum Gasteiger partial charge on any atom is -0.496 e. The molecule has 1 fully saturated rings. The zero-order valence-corrected chi connectivity index (χ0v) is 10.4. The predicted molar refractivity (Wildman–Crippen MR) is 68.0 cm³/mol. The quantitative estimate of drug-likeness (QED) is 0.866. The molecule has 1 heterocycles. The summed E-state index contributed by atoms with van der Waals surface area (Å²) in [4.78, 5) is 4.63. The van der Waals surface area contributed by atoms with Crippen LogP contribution in [-0.2, 0) is 4.74 Å². The van der Waals surface area contributed by atoms with Crippen LogP contribution >= 0.6 is 0 Å². The number of ether oxygens (including phenoxy) is 2. The van der Waals surface area contributed by atoms with Gasteiger partial charge in [-0.1, -0.05) is 12.1 Å². The number of aliphatic hydroxyl groups is 1. The highest BCUT2D eigenvalue weighted by atomic mass is 16.5. The Morgan fingerprint density at radius 2 is 2.17 bits per heavy atom. The second-order valence-corrected chi connectivity index (χ2v) is 4.83. The van der Waals surface area contributed by atoms with Gasteiger partial charge < -0.3 is 14.6 Å². The van der Waals surface area contributed by atoms with Crippen molar-refractivity contribution in [3.63, 3.8) is 0 Å². The van der Waals surface area contributed by atoms with Gasteiger partial charge in [-0.15, -0.1) is 0 Å². The normalized spacial score (nSPS) is 30.3. The highest BCUT2D eigenvalue weighted by Crippen LogP contribution is 2.32. The first-order valence-electron chi connectivity index (χ1n) is 6.34. The van der Waals surface area contributed by atoms with Crippen LogP contribution in [0.5, 0.6) is 5.75 Å². The van der Waals surface area contributed by atoms with E-state index in [-0.39, 0.29) is 18.2 Å². The maximum absolute atomic E-state index is 9.66. The summed E-state index contributed by atoms with van der Waals surface area (Å²) in [6.07, 6.45) is 2.15. The van der Waals surface area contributed by atoms with Crippen LogP contribution in [0.3, 0.4) is 0 Å². The van der Waals surface area contributed by atoms with Crippen LogP contribution < -0.4 is 4.74 Å². The Balaban J connectivity index is 1.86. The summed E-state index contributed by atoms with van der Waals surface area (Å²) in [5.74, 6) is 1.42. The van der Waals surface area contributed by atoms with Gasteiger partial charge in [0.2, 0.25) is 5.90 Å². The van der Waals surface area contributed by atoms with Crippen molar-refractivity contribution < 1.29 is 14.6 Å². The summed E-state index contributed by atoms with van der Waals surface area (Å²) in [5.41, 5.74) is 0.892. The van der Waals surface area contributed by atoms with E-state index < -0.39 is 0 Å². The van der Waals surface area contributed by atoms with Gasteiger partial charge in [-0.25, -0.2) is 4.99 Å². The molecule has 1 N–H and O–H groups in total. The number of hydrogen-bond donors (Lipinski definition) is 1. The monoisotopic (exact) mass is 247 g/mol. The molecule has 3 unspecified atom stereocenters. The number of benzene rings is 1. The first kappa shape index (κ1) is 11.5. The number of para-hydroxylation sites is 1. The van der Waals surface area contributed by atoms with E-state index in [0.717, 1.165) is 24.2 Å². The summed E-state index contributed by atoms with van der Waals surface area (Å²) in [5, 5.41) is 9.66. The third-order valence-corrected chi connectivity index (χ3v) is 3.61. The molecule has 1 aliphatic heterocycles. The smallest absolute Gasteiger partial charge is 0.220 e. The number of aliphatic imine (C=N–C) groups is 1. The Morgan fingerprint density at radius 3 is 3.00 bits per heavy atom. The van der Waals surface area contributed by atoms with Gasteiger partial charge in [-0.3, -0.25) is 0 Å². The van der Waals surface area contributed by atoms with E-state index in [2.05, 4.69) is 4.99 Å². The van der Waals surface area contributed by atoms with Crippen molar-refractivity contribution >= 4 is 5.90 Å². The van der Waals surface area contributed by atoms with Crippen LogP contribution in [-0.4, -0.2) is 36.4 Å². The Hall–Kier alpha value is -1.55. The molecule has 4 heteroatoms. The van der Waals surface area contributed by atoms with Gasteiger partial charge in [-0.05, 0) is 25.0 Å². The third kappa shape index (κ3) is 1.97. The molecule has 96 valence electrons. The molecule has 2 aliphatic rings. The predicted octanol–water partition coefficient (Wildman–Crippen LogP) is 1.75. The Kier molecular flexibility index (Phi) is 2.96. The molecule has 3 rings (SSSR count). The summed E-state index contributed by atoms with van der Waals surface area (Å²) >= 11 is 0. The molecule has 0 radical (unpaired) electrons. The van der Waals surface area contributed by atoms with Crippen molar-refractivity contribution in [3.05, 3.63) is 29.8 Å². The van der Waals surface area contributed by atoms with Crippen molar-refractivity contribution in [2.24, 2.45) is 4.99 Å². The highest BCUT2D eigenvalue weighted by Gasteiger charge is 2.37. The van der Waals surface area contributed by atoms with Crippen LogP contribution in [0, 0.1) is 0 Å². The molecule has 1 aliphatic carbocycles. The lowest BCUT2D eigenvalue weighted by molar-refractivity contribution is 0.0507. The van der Waals surface area contributed by atoms with Gasteiger partial charge >= 0.3 is 0 Å². The lowest BCUT2D eigenvalue weighted by atomic mass is 9.91. The molecular weight excluding hydrogens is 230 g/mol. The molecule has 3 atom stereocenters. The topological polar surface area (TPSA) is 51.0 Å². The lowest BCUT2D eigenvalue weighted by Gasteiger charge is -2.26. The maximum Gasteiger partial charge on any atom is 0.220 e. The van der Waals surface area contributed by atoms with E-state index in [1.165, 1.54) is 0 Å². The second kappa shape index (κ2) is 4.61.